The van der Waals surface area contributed by atoms with Gasteiger partial charge in [-0.1, -0.05) is 30.9 Å². The van der Waals surface area contributed by atoms with Crippen LogP contribution in [0.4, 0.5) is 5.69 Å². The smallest absolute Gasteiger partial charge is 0.253 e. The van der Waals surface area contributed by atoms with Crippen LogP contribution in [0.5, 0.6) is 0 Å². The maximum Gasteiger partial charge on any atom is 0.253 e. The first kappa shape index (κ1) is 17.5. The van der Waals surface area contributed by atoms with Crippen LogP contribution in [0.1, 0.15) is 55.3 Å². The lowest BCUT2D eigenvalue weighted by atomic mass is 9.95. The van der Waals surface area contributed by atoms with Gasteiger partial charge >= 0.3 is 0 Å². The third-order valence-electron chi connectivity index (χ3n) is 4.77. The minimum absolute atomic E-state index is 0.161. The van der Waals surface area contributed by atoms with E-state index in [1.54, 1.807) is 18.2 Å². The first-order chi connectivity index (χ1) is 11.5. The van der Waals surface area contributed by atoms with Gasteiger partial charge in [0.05, 0.1) is 22.0 Å². The van der Waals surface area contributed by atoms with Crippen molar-refractivity contribution in [1.82, 2.24) is 5.32 Å². The van der Waals surface area contributed by atoms with Crippen molar-refractivity contribution in [3.63, 3.8) is 0 Å². The van der Waals surface area contributed by atoms with Gasteiger partial charge in [0.1, 0.15) is 0 Å². The first-order valence-corrected chi connectivity index (χ1v) is 10.6. The number of nitrogens with one attached hydrogen (secondary N) is 1. The van der Waals surface area contributed by atoms with E-state index in [9.17, 15) is 13.2 Å². The number of anilines is 1. The highest BCUT2D eigenvalue weighted by Gasteiger charge is 2.27. The molecule has 2 aliphatic rings. The number of amides is 1. The molecule has 1 aliphatic heterocycles. The van der Waals surface area contributed by atoms with Crippen LogP contribution in [-0.4, -0.2) is 32.7 Å². The van der Waals surface area contributed by atoms with E-state index >= 15 is 0 Å². The maximum absolute atomic E-state index is 12.4. The predicted octanol–water partition coefficient (Wildman–Crippen LogP) is 3.33. The normalized spacial score (nSPS) is 21.5. The number of rotatable bonds is 3. The van der Waals surface area contributed by atoms with Crippen molar-refractivity contribution in [3.8, 4) is 0 Å². The lowest BCUT2D eigenvalue weighted by Gasteiger charge is -2.28. The van der Waals surface area contributed by atoms with Gasteiger partial charge in [0, 0.05) is 12.6 Å². The fourth-order valence-corrected chi connectivity index (χ4v) is 5.32. The Morgan fingerprint density at radius 2 is 1.88 bits per heavy atom. The summed E-state index contributed by atoms with van der Waals surface area (Å²) < 4.78 is 25.8. The van der Waals surface area contributed by atoms with Crippen LogP contribution in [0.15, 0.2) is 18.2 Å². The Morgan fingerprint density at radius 3 is 2.54 bits per heavy atom. The highest BCUT2D eigenvalue weighted by molar-refractivity contribution is 7.92. The molecule has 3 rings (SSSR count). The summed E-state index contributed by atoms with van der Waals surface area (Å²) in [5, 5.41) is 3.33. The zero-order chi connectivity index (χ0) is 17.2. The van der Waals surface area contributed by atoms with E-state index in [-0.39, 0.29) is 17.7 Å². The standard InChI is InChI=1S/C17H23ClN2O3S/c18-16-12-14(20-10-4-5-11-24(20,22)23)8-9-15(16)17(21)19-13-6-2-1-3-7-13/h8-9,12-13H,1-7,10-11H2,(H,19,21). The molecule has 2 fully saturated rings. The number of hydrogen-bond acceptors (Lipinski definition) is 3. The van der Waals surface area contributed by atoms with E-state index in [0.717, 1.165) is 32.1 Å². The Bertz CT molecular complexity index is 715. The molecular formula is C17H23ClN2O3S. The van der Waals surface area contributed by atoms with Gasteiger partial charge in [-0.15, -0.1) is 0 Å². The summed E-state index contributed by atoms with van der Waals surface area (Å²) in [6.07, 6.45) is 7.05. The van der Waals surface area contributed by atoms with Crippen LogP contribution >= 0.6 is 11.6 Å². The molecule has 1 aliphatic carbocycles. The minimum Gasteiger partial charge on any atom is -0.349 e. The summed E-state index contributed by atoms with van der Waals surface area (Å²) in [5.74, 6) is -0.0194. The fourth-order valence-electron chi connectivity index (χ4n) is 3.43. The monoisotopic (exact) mass is 370 g/mol. The van der Waals surface area contributed by atoms with Gasteiger partial charge in [0.2, 0.25) is 10.0 Å². The number of sulfonamides is 1. The Balaban J connectivity index is 1.75. The number of hydrogen-bond donors (Lipinski definition) is 1. The van der Waals surface area contributed by atoms with Crippen molar-refractivity contribution in [3.05, 3.63) is 28.8 Å². The lowest BCUT2D eigenvalue weighted by Crippen LogP contribution is -2.38. The molecule has 1 saturated carbocycles. The van der Waals surface area contributed by atoms with Crippen molar-refractivity contribution in [2.24, 2.45) is 0 Å². The highest BCUT2D eigenvalue weighted by atomic mass is 35.5. The van der Waals surface area contributed by atoms with Crippen molar-refractivity contribution >= 4 is 33.2 Å². The molecule has 0 aromatic heterocycles. The lowest BCUT2D eigenvalue weighted by molar-refractivity contribution is 0.0928. The molecule has 1 amide bonds. The van der Waals surface area contributed by atoms with Gasteiger partial charge in [0.25, 0.3) is 5.91 Å². The summed E-state index contributed by atoms with van der Waals surface area (Å²) in [4.78, 5) is 12.4. The van der Waals surface area contributed by atoms with Crippen molar-refractivity contribution in [2.45, 2.75) is 51.0 Å². The number of carbonyl (C=O) groups excluding carboxylic acids is 1. The van der Waals surface area contributed by atoms with E-state index < -0.39 is 10.0 Å². The van der Waals surface area contributed by atoms with Crippen LogP contribution in [0.3, 0.4) is 0 Å². The molecule has 0 atom stereocenters. The van der Waals surface area contributed by atoms with Crippen LogP contribution < -0.4 is 9.62 Å². The topological polar surface area (TPSA) is 66.5 Å². The molecule has 0 unspecified atom stereocenters. The average Bonchev–Trinajstić information content (AvgIpc) is 2.55. The van der Waals surface area contributed by atoms with Crippen LogP contribution in [-0.2, 0) is 10.0 Å². The molecule has 1 aromatic carbocycles. The molecule has 1 saturated heterocycles. The number of nitrogens with zero attached hydrogens (tertiary/aromatic N) is 1. The van der Waals surface area contributed by atoms with Gasteiger partial charge in [-0.25, -0.2) is 8.42 Å². The van der Waals surface area contributed by atoms with E-state index in [2.05, 4.69) is 5.32 Å². The molecule has 24 heavy (non-hydrogen) atoms. The fraction of sp³-hybridized carbons (Fsp3) is 0.588. The van der Waals surface area contributed by atoms with Crippen LogP contribution in [0.25, 0.3) is 0 Å². The Hall–Kier alpha value is -1.27. The molecule has 1 N–H and O–H groups in total. The van der Waals surface area contributed by atoms with Gasteiger partial charge in [0.15, 0.2) is 0 Å². The molecule has 1 heterocycles. The quantitative estimate of drug-likeness (QED) is 0.887. The highest BCUT2D eigenvalue weighted by Crippen LogP contribution is 2.28. The number of carbonyl (C=O) groups is 1. The second-order valence-electron chi connectivity index (χ2n) is 6.57. The zero-order valence-electron chi connectivity index (χ0n) is 13.6. The minimum atomic E-state index is -3.28. The summed E-state index contributed by atoms with van der Waals surface area (Å²) in [6.45, 7) is 0.465. The predicted molar refractivity (Wildman–Crippen MR) is 96.2 cm³/mol. The summed E-state index contributed by atoms with van der Waals surface area (Å²) in [5.41, 5.74) is 0.939. The average molecular weight is 371 g/mol. The van der Waals surface area contributed by atoms with E-state index in [4.69, 9.17) is 11.6 Å². The Labute approximate surface area is 148 Å². The Kier molecular flexibility index (Phi) is 5.35. The Morgan fingerprint density at radius 1 is 1.12 bits per heavy atom. The van der Waals surface area contributed by atoms with Crippen molar-refractivity contribution in [1.29, 1.82) is 0 Å². The van der Waals surface area contributed by atoms with Crippen LogP contribution in [0, 0.1) is 0 Å². The maximum atomic E-state index is 12.4. The molecule has 1 aromatic rings. The number of halogens is 1. The van der Waals surface area contributed by atoms with Crippen molar-refractivity contribution in [2.75, 3.05) is 16.6 Å². The first-order valence-electron chi connectivity index (χ1n) is 8.58. The molecule has 0 bridgehead atoms. The third-order valence-corrected chi connectivity index (χ3v) is 6.96. The van der Waals surface area contributed by atoms with E-state index in [0.29, 0.717) is 29.2 Å². The van der Waals surface area contributed by atoms with Gasteiger partial charge < -0.3 is 5.32 Å². The molecule has 0 spiro atoms. The third kappa shape index (κ3) is 3.86. The summed E-state index contributed by atoms with van der Waals surface area (Å²) >= 11 is 6.27. The summed E-state index contributed by atoms with van der Waals surface area (Å²) in [6, 6.07) is 5.09. The van der Waals surface area contributed by atoms with Crippen LogP contribution in [0.2, 0.25) is 5.02 Å². The molecule has 132 valence electrons. The number of benzene rings is 1. The second-order valence-corrected chi connectivity index (χ2v) is 8.99. The molecule has 7 heteroatoms. The van der Waals surface area contributed by atoms with E-state index in [1.807, 2.05) is 0 Å². The molecular weight excluding hydrogens is 348 g/mol. The van der Waals surface area contributed by atoms with Crippen molar-refractivity contribution < 1.29 is 13.2 Å². The zero-order valence-corrected chi connectivity index (χ0v) is 15.2. The molecule has 5 nitrogen and oxygen atoms in total. The van der Waals surface area contributed by atoms with Gasteiger partial charge in [-0.2, -0.15) is 0 Å². The second kappa shape index (κ2) is 7.31. The van der Waals surface area contributed by atoms with E-state index in [1.165, 1.54) is 10.7 Å². The largest absolute Gasteiger partial charge is 0.349 e. The SMILES string of the molecule is O=C(NC1CCCCC1)c1ccc(N2CCCCS2(=O)=O)cc1Cl. The molecule has 0 radical (unpaired) electrons. The summed E-state index contributed by atoms with van der Waals surface area (Å²) in [7, 11) is -3.28. The van der Waals surface area contributed by atoms with Gasteiger partial charge in [-0.05, 0) is 43.9 Å². The van der Waals surface area contributed by atoms with Gasteiger partial charge in [-0.3, -0.25) is 9.10 Å².